The van der Waals surface area contributed by atoms with E-state index in [4.69, 9.17) is 22.6 Å². The van der Waals surface area contributed by atoms with Crippen LogP contribution in [-0.4, -0.2) is 49.4 Å². The molecular formula is C3H7N4NaO5S. The molecule has 0 unspecified atom stereocenters. The summed E-state index contributed by atoms with van der Waals surface area (Å²) in [6.07, 6.45) is 2.42. The number of aliphatic hydroxyl groups is 1. The molecule has 9 nitrogen and oxygen atoms in total. The summed E-state index contributed by atoms with van der Waals surface area (Å²) in [4.78, 5) is 0. The molecule has 0 radical (unpaired) electrons. The molecule has 0 spiro atoms. The number of hydrogen-bond donors (Lipinski definition) is 3. The Morgan fingerprint density at radius 1 is 1.36 bits per heavy atom. The molecule has 1 heterocycles. The van der Waals surface area contributed by atoms with Crippen molar-refractivity contribution in [1.29, 1.82) is 0 Å². The molecule has 0 aliphatic carbocycles. The molecule has 0 atom stereocenters. The largest absolute Gasteiger partial charge is 1.00 e. The molecule has 0 saturated carbocycles. The third-order valence-corrected chi connectivity index (χ3v) is 0.665. The average Bonchev–Trinajstić information content (AvgIpc) is 2.36. The van der Waals surface area contributed by atoms with Gasteiger partial charge in [-0.15, -0.1) is 0 Å². The van der Waals surface area contributed by atoms with Crippen LogP contribution in [0.3, 0.4) is 0 Å². The second-order valence-electron chi connectivity index (χ2n) is 1.67. The molecule has 0 aromatic carbocycles. The average molecular weight is 234 g/mol. The fourth-order valence-electron chi connectivity index (χ4n) is 0.349. The number of rotatable bonds is 2. The zero-order chi connectivity index (χ0) is 10.3. The van der Waals surface area contributed by atoms with E-state index in [2.05, 4.69) is 21.9 Å². The van der Waals surface area contributed by atoms with Crippen LogP contribution in [0.25, 0.3) is 0 Å². The summed E-state index contributed by atoms with van der Waals surface area (Å²) < 4.78 is 32.9. The zero-order valence-electron chi connectivity index (χ0n) is 7.27. The van der Waals surface area contributed by atoms with Crippen molar-refractivity contribution in [3.05, 3.63) is 6.33 Å². The van der Waals surface area contributed by atoms with Crippen LogP contribution in [0.5, 0.6) is 0 Å². The van der Waals surface area contributed by atoms with Gasteiger partial charge in [-0.1, -0.05) is 10.4 Å². The molecule has 1 aromatic heterocycles. The summed E-state index contributed by atoms with van der Waals surface area (Å²) in [6.45, 7) is 0.453. The smallest absolute Gasteiger partial charge is 0.405 e. The van der Waals surface area contributed by atoms with Crippen molar-refractivity contribution in [2.24, 2.45) is 0 Å². The van der Waals surface area contributed by atoms with Gasteiger partial charge in [0.05, 0.1) is 6.61 Å². The van der Waals surface area contributed by atoms with Crippen LogP contribution in [0.1, 0.15) is 0 Å². The van der Waals surface area contributed by atoms with Crippen LogP contribution in [-0.2, 0) is 16.9 Å². The molecule has 0 aliphatic heterocycles. The van der Waals surface area contributed by atoms with E-state index in [0.29, 0.717) is 6.54 Å². The van der Waals surface area contributed by atoms with Crippen molar-refractivity contribution in [2.75, 3.05) is 6.61 Å². The van der Waals surface area contributed by atoms with Gasteiger partial charge >= 0.3 is 40.0 Å². The van der Waals surface area contributed by atoms with Gasteiger partial charge in [0.2, 0.25) is 0 Å². The number of tetrazole rings is 1. The van der Waals surface area contributed by atoms with Crippen molar-refractivity contribution >= 4 is 10.4 Å². The molecule has 1 rings (SSSR count). The van der Waals surface area contributed by atoms with Gasteiger partial charge < -0.3 is 14.9 Å². The minimum absolute atomic E-state index is 0. The van der Waals surface area contributed by atoms with Gasteiger partial charge in [0.15, 0.2) is 0 Å². The maximum absolute atomic E-state index is 8.74. The van der Waals surface area contributed by atoms with Gasteiger partial charge in [0.25, 0.3) is 0 Å². The van der Waals surface area contributed by atoms with E-state index < -0.39 is 10.4 Å². The molecule has 0 amide bonds. The number of hydrogen-bond acceptors (Lipinski definition) is 6. The second kappa shape index (κ2) is 8.23. The van der Waals surface area contributed by atoms with Crippen molar-refractivity contribution < 1.29 is 52.2 Å². The molecule has 76 valence electrons. The van der Waals surface area contributed by atoms with Crippen molar-refractivity contribution in [3.8, 4) is 0 Å². The Balaban J connectivity index is 0. The van der Waals surface area contributed by atoms with Crippen LogP contribution in [0.2, 0.25) is 0 Å². The molecule has 0 fully saturated rings. The Labute approximate surface area is 102 Å². The van der Waals surface area contributed by atoms with Crippen LogP contribution in [0.4, 0.5) is 0 Å². The van der Waals surface area contributed by atoms with E-state index >= 15 is 0 Å². The molecule has 1 aromatic rings. The van der Waals surface area contributed by atoms with Crippen LogP contribution in [0, 0.1) is 6.33 Å². The Bertz CT molecular complexity index is 304. The van der Waals surface area contributed by atoms with E-state index in [0.717, 1.165) is 0 Å². The second-order valence-corrected chi connectivity index (χ2v) is 2.57. The summed E-state index contributed by atoms with van der Waals surface area (Å²) in [5, 5.41) is 18.3. The Hall–Kier alpha value is -0.100. The van der Waals surface area contributed by atoms with Gasteiger partial charge in [-0.05, 0) is 0 Å². The minimum Gasteiger partial charge on any atom is -0.405 e. The zero-order valence-corrected chi connectivity index (χ0v) is 10.1. The van der Waals surface area contributed by atoms with Gasteiger partial charge in [0.1, 0.15) is 0 Å². The Morgan fingerprint density at radius 2 is 1.86 bits per heavy atom. The summed E-state index contributed by atoms with van der Waals surface area (Å²) >= 11 is 0. The Morgan fingerprint density at radius 3 is 2.14 bits per heavy atom. The maximum Gasteiger partial charge on any atom is 1.00 e. The van der Waals surface area contributed by atoms with Gasteiger partial charge in [-0.3, -0.25) is 9.11 Å². The third-order valence-electron chi connectivity index (χ3n) is 0.665. The fraction of sp³-hybridized carbons (Fsp3) is 0.667. The molecule has 3 N–H and O–H groups in total. The Kier molecular flexibility index (Phi) is 9.60. The van der Waals surface area contributed by atoms with E-state index in [1.807, 2.05) is 0 Å². The van der Waals surface area contributed by atoms with Gasteiger partial charge in [-0.2, -0.15) is 8.42 Å². The molecule has 14 heavy (non-hydrogen) atoms. The van der Waals surface area contributed by atoms with E-state index in [-0.39, 0.29) is 36.2 Å². The topological polar surface area (TPSA) is 138 Å². The standard InChI is InChI=1S/C3H5N4O.Na.H2O4S/c8-2-1-7-3-4-5-6-7;;1-5(2,3)4/h8H,1-2H2;;(H2,1,2,3,4)/q-1;+1;. The quantitative estimate of drug-likeness (QED) is 0.262. The summed E-state index contributed by atoms with van der Waals surface area (Å²) in [7, 11) is -4.67. The van der Waals surface area contributed by atoms with Crippen molar-refractivity contribution in [1.82, 2.24) is 20.2 Å². The molecule has 0 saturated heterocycles. The minimum atomic E-state index is -4.67. The summed E-state index contributed by atoms with van der Waals surface area (Å²) in [6, 6.07) is 0. The first kappa shape index (κ1) is 16.3. The van der Waals surface area contributed by atoms with Gasteiger partial charge in [0, 0.05) is 6.54 Å². The maximum atomic E-state index is 8.74. The predicted octanol–water partition coefficient (Wildman–Crippen LogP) is -5.18. The van der Waals surface area contributed by atoms with Crippen LogP contribution in [0.15, 0.2) is 0 Å². The number of aliphatic hydroxyl groups excluding tert-OH is 1. The van der Waals surface area contributed by atoms with E-state index in [1.54, 1.807) is 0 Å². The first-order chi connectivity index (χ1) is 5.93. The first-order valence-electron chi connectivity index (χ1n) is 2.88. The third kappa shape index (κ3) is 14.4. The van der Waals surface area contributed by atoms with Crippen LogP contribution >= 0.6 is 0 Å². The van der Waals surface area contributed by atoms with Crippen molar-refractivity contribution in [3.63, 3.8) is 0 Å². The monoisotopic (exact) mass is 234 g/mol. The van der Waals surface area contributed by atoms with E-state index in [1.165, 1.54) is 4.68 Å². The normalized spacial score (nSPS) is 9.64. The SMILES string of the molecule is O=S(=O)(O)O.OCCn1[c-]nnn1.[Na+]. The molecule has 0 bridgehead atoms. The van der Waals surface area contributed by atoms with Crippen LogP contribution < -0.4 is 29.6 Å². The molecule has 11 heteroatoms. The van der Waals surface area contributed by atoms with E-state index in [9.17, 15) is 0 Å². The first-order valence-corrected chi connectivity index (χ1v) is 4.28. The summed E-state index contributed by atoms with van der Waals surface area (Å²) in [5.74, 6) is 0. The number of aromatic nitrogens is 4. The fourth-order valence-corrected chi connectivity index (χ4v) is 0.349. The molecular weight excluding hydrogens is 227 g/mol. The molecule has 0 aliphatic rings. The number of nitrogens with zero attached hydrogens (tertiary/aromatic N) is 4. The van der Waals surface area contributed by atoms with Gasteiger partial charge in [-0.25, -0.2) is 6.33 Å². The predicted molar refractivity (Wildman–Crippen MR) is 37.9 cm³/mol. The summed E-state index contributed by atoms with van der Waals surface area (Å²) in [5.41, 5.74) is 0. The van der Waals surface area contributed by atoms with Crippen molar-refractivity contribution in [2.45, 2.75) is 6.54 Å².